The highest BCUT2D eigenvalue weighted by atomic mass is 16.6. The summed E-state index contributed by atoms with van der Waals surface area (Å²) >= 11 is 0. The molecule has 12 nitrogen and oxygen atoms in total. The summed E-state index contributed by atoms with van der Waals surface area (Å²) in [5, 5.41) is 26.5. The van der Waals surface area contributed by atoms with Crippen molar-refractivity contribution in [2.75, 3.05) is 13.1 Å². The van der Waals surface area contributed by atoms with Crippen LogP contribution in [0.5, 0.6) is 0 Å². The van der Waals surface area contributed by atoms with Gasteiger partial charge >= 0.3 is 12.2 Å². The van der Waals surface area contributed by atoms with Crippen molar-refractivity contribution < 1.29 is 28.9 Å². The molecule has 0 aliphatic carbocycles. The lowest BCUT2D eigenvalue weighted by Gasteiger charge is -2.08. The molecule has 0 bridgehead atoms. The SMILES string of the molecule is O=C(NCCCCCCNC(=O)OCc1ccc([N+](=O)[O-])cc1)OCc1ccc([N+](=O)[O-])cc1. The van der Waals surface area contributed by atoms with Gasteiger partial charge in [0.2, 0.25) is 0 Å². The van der Waals surface area contributed by atoms with E-state index in [0.29, 0.717) is 24.2 Å². The molecule has 0 fully saturated rings. The molecule has 2 rings (SSSR count). The van der Waals surface area contributed by atoms with E-state index in [1.807, 2.05) is 0 Å². The molecule has 0 saturated carbocycles. The molecule has 0 saturated heterocycles. The van der Waals surface area contributed by atoms with E-state index in [1.54, 1.807) is 0 Å². The van der Waals surface area contributed by atoms with Crippen LogP contribution < -0.4 is 10.6 Å². The number of benzene rings is 2. The number of hydrogen-bond acceptors (Lipinski definition) is 8. The minimum Gasteiger partial charge on any atom is -0.445 e. The normalized spacial score (nSPS) is 10.2. The Morgan fingerprint density at radius 2 is 1.00 bits per heavy atom. The van der Waals surface area contributed by atoms with Crippen molar-refractivity contribution in [3.05, 3.63) is 79.9 Å². The van der Waals surface area contributed by atoms with Crippen molar-refractivity contribution >= 4 is 23.6 Å². The molecule has 2 N–H and O–H groups in total. The van der Waals surface area contributed by atoms with Crippen LogP contribution in [0, 0.1) is 20.2 Å². The summed E-state index contributed by atoms with van der Waals surface area (Å²) < 4.78 is 10.1. The van der Waals surface area contributed by atoms with Crippen LogP contribution in [0.3, 0.4) is 0 Å². The smallest absolute Gasteiger partial charge is 0.407 e. The Labute approximate surface area is 195 Å². The summed E-state index contributed by atoms with van der Waals surface area (Å²) in [7, 11) is 0. The molecular formula is C22H26N4O8. The van der Waals surface area contributed by atoms with Crippen LogP contribution in [0.4, 0.5) is 21.0 Å². The minimum absolute atomic E-state index is 0.0236. The largest absolute Gasteiger partial charge is 0.445 e. The quantitative estimate of drug-likeness (QED) is 0.248. The van der Waals surface area contributed by atoms with E-state index in [0.717, 1.165) is 25.7 Å². The molecule has 0 aromatic heterocycles. The van der Waals surface area contributed by atoms with Gasteiger partial charge in [0.15, 0.2) is 0 Å². The maximum Gasteiger partial charge on any atom is 0.407 e. The minimum atomic E-state index is -0.559. The van der Waals surface area contributed by atoms with E-state index >= 15 is 0 Å². The highest BCUT2D eigenvalue weighted by molar-refractivity contribution is 5.67. The van der Waals surface area contributed by atoms with E-state index in [-0.39, 0.29) is 24.6 Å². The van der Waals surface area contributed by atoms with Gasteiger partial charge in [0.25, 0.3) is 11.4 Å². The topological polar surface area (TPSA) is 163 Å². The van der Waals surface area contributed by atoms with Gasteiger partial charge in [-0.25, -0.2) is 9.59 Å². The van der Waals surface area contributed by atoms with Crippen LogP contribution in [0.1, 0.15) is 36.8 Å². The third-order valence-electron chi connectivity index (χ3n) is 4.68. The van der Waals surface area contributed by atoms with E-state index < -0.39 is 22.0 Å². The third-order valence-corrected chi connectivity index (χ3v) is 4.68. The van der Waals surface area contributed by atoms with E-state index in [4.69, 9.17) is 9.47 Å². The van der Waals surface area contributed by atoms with Gasteiger partial charge in [-0.1, -0.05) is 12.8 Å². The predicted octanol–water partition coefficient (Wildman–Crippen LogP) is 4.22. The molecule has 34 heavy (non-hydrogen) atoms. The molecular weight excluding hydrogens is 448 g/mol. The Balaban J connectivity index is 1.45. The Morgan fingerprint density at radius 1 is 0.647 bits per heavy atom. The number of ether oxygens (including phenoxy) is 2. The lowest BCUT2D eigenvalue weighted by atomic mass is 10.2. The van der Waals surface area contributed by atoms with Gasteiger partial charge in [0.1, 0.15) is 13.2 Å². The van der Waals surface area contributed by atoms with Gasteiger partial charge in [0, 0.05) is 37.4 Å². The van der Waals surface area contributed by atoms with Crippen molar-refractivity contribution in [1.29, 1.82) is 0 Å². The van der Waals surface area contributed by atoms with Crippen molar-refractivity contribution in [1.82, 2.24) is 10.6 Å². The first-order valence-corrected chi connectivity index (χ1v) is 10.6. The Bertz CT molecular complexity index is 884. The number of hydrogen-bond donors (Lipinski definition) is 2. The molecule has 12 heteroatoms. The number of nitro groups is 2. The molecule has 0 unspecified atom stereocenters. The molecule has 0 aliphatic rings. The van der Waals surface area contributed by atoms with Crippen LogP contribution in [-0.4, -0.2) is 35.1 Å². The second-order valence-electron chi connectivity index (χ2n) is 7.27. The van der Waals surface area contributed by atoms with E-state index in [9.17, 15) is 29.8 Å². The number of nitro benzene ring substituents is 2. The number of non-ortho nitro benzene ring substituents is 2. The third kappa shape index (κ3) is 9.94. The lowest BCUT2D eigenvalue weighted by molar-refractivity contribution is -0.385. The molecule has 0 heterocycles. The lowest BCUT2D eigenvalue weighted by Crippen LogP contribution is -2.26. The first-order valence-electron chi connectivity index (χ1n) is 10.6. The predicted molar refractivity (Wildman–Crippen MR) is 121 cm³/mol. The zero-order valence-corrected chi connectivity index (χ0v) is 18.4. The zero-order chi connectivity index (χ0) is 24.8. The second-order valence-corrected chi connectivity index (χ2v) is 7.27. The number of amides is 2. The van der Waals surface area contributed by atoms with E-state index in [1.165, 1.54) is 48.5 Å². The molecule has 0 atom stereocenters. The van der Waals surface area contributed by atoms with Gasteiger partial charge in [0.05, 0.1) is 9.85 Å². The van der Waals surface area contributed by atoms with Crippen LogP contribution in [0.25, 0.3) is 0 Å². The van der Waals surface area contributed by atoms with Crippen LogP contribution >= 0.6 is 0 Å². The van der Waals surface area contributed by atoms with Gasteiger partial charge < -0.3 is 20.1 Å². The molecule has 182 valence electrons. The molecule has 2 amide bonds. The summed E-state index contributed by atoms with van der Waals surface area (Å²) in [4.78, 5) is 43.6. The fourth-order valence-electron chi connectivity index (χ4n) is 2.81. The maximum atomic E-state index is 11.7. The Kier molecular flexibility index (Phi) is 10.7. The first-order chi connectivity index (χ1) is 16.3. The number of carbonyl (C=O) groups is 2. The Morgan fingerprint density at radius 3 is 1.32 bits per heavy atom. The summed E-state index contributed by atoms with van der Waals surface area (Å²) in [6, 6.07) is 11.5. The van der Waals surface area contributed by atoms with Gasteiger partial charge in [-0.3, -0.25) is 20.2 Å². The number of unbranched alkanes of at least 4 members (excludes halogenated alkanes) is 3. The molecule has 2 aromatic rings. The summed E-state index contributed by atoms with van der Waals surface area (Å²) in [5.41, 5.74) is 1.25. The summed E-state index contributed by atoms with van der Waals surface area (Å²) in [5.74, 6) is 0. The Hall–Kier alpha value is -4.22. The fraction of sp³-hybridized carbons (Fsp3) is 0.364. The van der Waals surface area contributed by atoms with Gasteiger partial charge in [-0.2, -0.15) is 0 Å². The van der Waals surface area contributed by atoms with Crippen molar-refractivity contribution in [2.24, 2.45) is 0 Å². The van der Waals surface area contributed by atoms with Crippen LogP contribution in [0.2, 0.25) is 0 Å². The highest BCUT2D eigenvalue weighted by Crippen LogP contribution is 2.13. The van der Waals surface area contributed by atoms with Crippen LogP contribution in [-0.2, 0) is 22.7 Å². The first kappa shape index (κ1) is 26.0. The fourth-order valence-corrected chi connectivity index (χ4v) is 2.81. The monoisotopic (exact) mass is 474 g/mol. The molecule has 0 radical (unpaired) electrons. The maximum absolute atomic E-state index is 11.7. The number of alkyl carbamates (subject to hydrolysis) is 2. The summed E-state index contributed by atoms with van der Waals surface area (Å²) in [6.45, 7) is 0.944. The average Bonchev–Trinajstić information content (AvgIpc) is 2.83. The molecule has 0 spiro atoms. The van der Waals surface area contributed by atoms with E-state index in [2.05, 4.69) is 10.6 Å². The summed E-state index contributed by atoms with van der Waals surface area (Å²) in [6.07, 6.45) is 2.07. The van der Waals surface area contributed by atoms with Crippen molar-refractivity contribution in [3.8, 4) is 0 Å². The molecule has 2 aromatic carbocycles. The number of carbonyl (C=O) groups excluding carboxylic acids is 2. The van der Waals surface area contributed by atoms with Crippen LogP contribution in [0.15, 0.2) is 48.5 Å². The van der Waals surface area contributed by atoms with Gasteiger partial charge in [-0.05, 0) is 48.2 Å². The number of nitrogens with one attached hydrogen (secondary N) is 2. The number of nitrogens with zero attached hydrogens (tertiary/aromatic N) is 2. The van der Waals surface area contributed by atoms with Gasteiger partial charge in [-0.15, -0.1) is 0 Å². The van der Waals surface area contributed by atoms with Crippen molar-refractivity contribution in [3.63, 3.8) is 0 Å². The zero-order valence-electron chi connectivity index (χ0n) is 18.4. The number of rotatable bonds is 13. The average molecular weight is 474 g/mol. The highest BCUT2D eigenvalue weighted by Gasteiger charge is 2.07. The standard InChI is InChI=1S/C22H26N4O8/c27-21(33-15-17-5-9-19(10-6-17)25(29)30)23-13-3-1-2-4-14-24-22(28)34-16-18-7-11-20(12-8-18)26(31)32/h5-12H,1-4,13-16H2,(H,23,27)(H,24,28). The van der Waals surface area contributed by atoms with Crippen molar-refractivity contribution in [2.45, 2.75) is 38.9 Å². The second kappa shape index (κ2) is 14.0. The molecule has 0 aliphatic heterocycles.